The Labute approximate surface area is 200 Å². The molecule has 0 radical (unpaired) electrons. The van der Waals surface area contributed by atoms with Crippen LogP contribution in [0.25, 0.3) is 0 Å². The Morgan fingerprint density at radius 1 is 1.09 bits per heavy atom. The van der Waals surface area contributed by atoms with Gasteiger partial charge < -0.3 is 10.0 Å². The van der Waals surface area contributed by atoms with E-state index in [1.165, 1.54) is 0 Å². The summed E-state index contributed by atoms with van der Waals surface area (Å²) in [5.41, 5.74) is 4.51. The molecule has 1 aromatic heterocycles. The summed E-state index contributed by atoms with van der Waals surface area (Å²) in [5.74, 6) is 6.32. The summed E-state index contributed by atoms with van der Waals surface area (Å²) < 4.78 is 29.0. The number of aromatic nitrogens is 1. The minimum Gasteiger partial charge on any atom is -0.394 e. The number of anilines is 1. The second kappa shape index (κ2) is 8.88. The lowest BCUT2D eigenvalue weighted by molar-refractivity contribution is 0.193. The van der Waals surface area contributed by atoms with Crippen LogP contribution in [0.15, 0.2) is 71.9 Å². The highest BCUT2D eigenvalue weighted by Gasteiger charge is 2.50. The van der Waals surface area contributed by atoms with Gasteiger partial charge in [0.25, 0.3) is 0 Å². The van der Waals surface area contributed by atoms with Gasteiger partial charge in [0.05, 0.1) is 23.6 Å². The van der Waals surface area contributed by atoms with E-state index >= 15 is 0 Å². The number of pyridine rings is 1. The first-order chi connectivity index (χ1) is 16.4. The predicted octanol–water partition coefficient (Wildman–Crippen LogP) is 3.35. The molecule has 2 aliphatic rings. The molecule has 6 nitrogen and oxygen atoms in total. The summed E-state index contributed by atoms with van der Waals surface area (Å²) in [4.78, 5) is 6.48. The number of hydrogen-bond acceptors (Lipinski definition) is 5. The van der Waals surface area contributed by atoms with Crippen molar-refractivity contribution in [3.8, 4) is 11.8 Å². The Morgan fingerprint density at radius 3 is 2.56 bits per heavy atom. The largest absolute Gasteiger partial charge is 0.394 e. The van der Waals surface area contributed by atoms with E-state index in [4.69, 9.17) is 0 Å². The maximum absolute atomic E-state index is 13.7. The number of likely N-dealkylation sites (N-methyl/N-ethyl adjacent to an activating group) is 1. The molecular weight excluding hydrogens is 446 g/mol. The summed E-state index contributed by atoms with van der Waals surface area (Å²) in [6.07, 6.45) is 4.12. The molecule has 5 rings (SSSR count). The van der Waals surface area contributed by atoms with Crippen LogP contribution < -0.4 is 4.90 Å². The molecule has 2 aliphatic heterocycles. The summed E-state index contributed by atoms with van der Waals surface area (Å²) >= 11 is 0. The van der Waals surface area contributed by atoms with E-state index in [0.29, 0.717) is 17.9 Å². The van der Waals surface area contributed by atoms with Crippen molar-refractivity contribution in [1.82, 2.24) is 9.29 Å². The molecule has 3 atom stereocenters. The Bertz CT molecular complexity index is 1360. The van der Waals surface area contributed by atoms with E-state index < -0.39 is 10.0 Å². The summed E-state index contributed by atoms with van der Waals surface area (Å²) in [6.45, 7) is 2.33. The molecule has 174 valence electrons. The molecule has 0 amide bonds. The van der Waals surface area contributed by atoms with Crippen LogP contribution in [0.1, 0.15) is 34.7 Å². The van der Waals surface area contributed by atoms with Gasteiger partial charge in [0.2, 0.25) is 10.0 Å². The first-order valence-electron chi connectivity index (χ1n) is 11.4. The Hall–Kier alpha value is -3.18. The van der Waals surface area contributed by atoms with Gasteiger partial charge in [-0.3, -0.25) is 4.98 Å². The highest BCUT2D eigenvalue weighted by Crippen LogP contribution is 2.50. The number of aliphatic hydroxyl groups excluding tert-OH is 1. The third-order valence-electron chi connectivity index (χ3n) is 6.94. The van der Waals surface area contributed by atoms with Gasteiger partial charge in [-0.05, 0) is 61.4 Å². The van der Waals surface area contributed by atoms with E-state index in [2.05, 4.69) is 21.7 Å². The fourth-order valence-electron chi connectivity index (χ4n) is 5.19. The van der Waals surface area contributed by atoms with Crippen LogP contribution in [0.4, 0.5) is 5.69 Å². The van der Waals surface area contributed by atoms with E-state index in [1.54, 1.807) is 28.8 Å². The highest BCUT2D eigenvalue weighted by atomic mass is 32.2. The first-order valence-corrected chi connectivity index (χ1v) is 12.8. The monoisotopic (exact) mass is 473 g/mol. The van der Waals surface area contributed by atoms with Gasteiger partial charge in [-0.25, -0.2) is 8.42 Å². The van der Waals surface area contributed by atoms with Gasteiger partial charge in [0, 0.05) is 48.7 Å². The molecule has 7 heteroatoms. The van der Waals surface area contributed by atoms with Crippen LogP contribution in [-0.4, -0.2) is 49.1 Å². The standard InChI is InChI=1S/C27H27N3O3S/c1-19-5-10-22(11-6-19)34(32,33)30-15-13-23-26(18-31)29(2)25-12-9-20(16-24(25)27(23)30)7-8-21-4-3-14-28-17-21/h3-6,9-12,14,16-17,23,26-27,31H,13,15,18H2,1-2H3/t23-,26-,27-/m1/s1. The van der Waals surface area contributed by atoms with Crippen molar-refractivity contribution in [2.75, 3.05) is 25.1 Å². The summed E-state index contributed by atoms with van der Waals surface area (Å²) in [6, 6.07) is 16.2. The van der Waals surface area contributed by atoms with E-state index in [9.17, 15) is 13.5 Å². The fraction of sp³-hybridized carbons (Fsp3) is 0.296. The van der Waals surface area contributed by atoms with Gasteiger partial charge in [-0.2, -0.15) is 4.31 Å². The Morgan fingerprint density at radius 2 is 1.85 bits per heavy atom. The topological polar surface area (TPSA) is 73.7 Å². The summed E-state index contributed by atoms with van der Waals surface area (Å²) in [5, 5.41) is 10.2. The first kappa shape index (κ1) is 22.6. The zero-order chi connectivity index (χ0) is 23.9. The second-order valence-corrected chi connectivity index (χ2v) is 10.8. The van der Waals surface area contributed by atoms with Crippen molar-refractivity contribution in [3.63, 3.8) is 0 Å². The van der Waals surface area contributed by atoms with Gasteiger partial charge >= 0.3 is 0 Å². The normalized spacial score (nSPS) is 22.0. The van der Waals surface area contributed by atoms with E-state index in [1.807, 2.05) is 56.4 Å². The van der Waals surface area contributed by atoms with Crippen molar-refractivity contribution < 1.29 is 13.5 Å². The van der Waals surface area contributed by atoms with Crippen molar-refractivity contribution in [1.29, 1.82) is 0 Å². The zero-order valence-corrected chi connectivity index (χ0v) is 20.0. The molecule has 2 aromatic carbocycles. The van der Waals surface area contributed by atoms with Crippen LogP contribution in [0.3, 0.4) is 0 Å². The molecule has 0 unspecified atom stereocenters. The van der Waals surface area contributed by atoms with Gasteiger partial charge in [0.15, 0.2) is 0 Å². The third kappa shape index (κ3) is 3.88. The third-order valence-corrected chi connectivity index (χ3v) is 8.84. The van der Waals surface area contributed by atoms with Crippen molar-refractivity contribution in [3.05, 3.63) is 89.2 Å². The average molecular weight is 474 g/mol. The Balaban J connectivity index is 1.59. The SMILES string of the molecule is Cc1ccc(S(=O)(=O)N2CC[C@@H]3[C@@H](CO)N(C)c4ccc(C#Cc5cccnc5)cc4[C@@H]32)cc1. The molecule has 1 N–H and O–H groups in total. The van der Waals surface area contributed by atoms with Crippen molar-refractivity contribution in [2.24, 2.45) is 5.92 Å². The molecule has 1 saturated heterocycles. The van der Waals surface area contributed by atoms with Crippen LogP contribution in [0.2, 0.25) is 0 Å². The number of nitrogens with zero attached hydrogens (tertiary/aromatic N) is 3. The lowest BCUT2D eigenvalue weighted by Gasteiger charge is -2.44. The van der Waals surface area contributed by atoms with Gasteiger partial charge in [0.1, 0.15) is 0 Å². The Kier molecular flexibility index (Phi) is 5.90. The van der Waals surface area contributed by atoms with Crippen LogP contribution in [0, 0.1) is 24.7 Å². The molecule has 0 bridgehead atoms. The number of hydrogen-bond donors (Lipinski definition) is 1. The molecule has 0 saturated carbocycles. The molecule has 3 heterocycles. The molecule has 34 heavy (non-hydrogen) atoms. The smallest absolute Gasteiger partial charge is 0.243 e. The number of benzene rings is 2. The van der Waals surface area contributed by atoms with Crippen molar-refractivity contribution >= 4 is 15.7 Å². The molecule has 0 aliphatic carbocycles. The molecular formula is C27H27N3O3S. The predicted molar refractivity (Wildman–Crippen MR) is 132 cm³/mol. The average Bonchev–Trinajstić information content (AvgIpc) is 3.30. The number of fused-ring (bicyclic) bond motifs is 3. The quantitative estimate of drug-likeness (QED) is 0.591. The minimum absolute atomic E-state index is 0.00995. The molecule has 0 spiro atoms. The van der Waals surface area contributed by atoms with Gasteiger partial charge in [-0.15, -0.1) is 0 Å². The lowest BCUT2D eigenvalue weighted by atomic mass is 9.82. The molecule has 1 fully saturated rings. The number of rotatable bonds is 3. The lowest BCUT2D eigenvalue weighted by Crippen LogP contribution is -2.48. The maximum Gasteiger partial charge on any atom is 0.243 e. The maximum atomic E-state index is 13.7. The van der Waals surface area contributed by atoms with E-state index in [0.717, 1.165) is 27.9 Å². The summed E-state index contributed by atoms with van der Waals surface area (Å²) in [7, 11) is -1.73. The van der Waals surface area contributed by atoms with Gasteiger partial charge in [-0.1, -0.05) is 29.5 Å². The molecule has 3 aromatic rings. The number of aliphatic hydroxyl groups is 1. The highest BCUT2D eigenvalue weighted by molar-refractivity contribution is 7.89. The number of sulfonamides is 1. The minimum atomic E-state index is -3.70. The van der Waals surface area contributed by atoms with Crippen molar-refractivity contribution in [2.45, 2.75) is 30.3 Å². The van der Waals surface area contributed by atoms with Crippen LogP contribution in [0.5, 0.6) is 0 Å². The zero-order valence-electron chi connectivity index (χ0n) is 19.2. The van der Waals surface area contributed by atoms with Crippen LogP contribution >= 0.6 is 0 Å². The second-order valence-electron chi connectivity index (χ2n) is 8.95. The van der Waals surface area contributed by atoms with E-state index in [-0.39, 0.29) is 24.6 Å². The fourth-order valence-corrected chi connectivity index (χ4v) is 6.85. The number of aryl methyl sites for hydroxylation is 1. The van der Waals surface area contributed by atoms with Crippen LogP contribution in [-0.2, 0) is 10.0 Å².